The molecule has 0 saturated heterocycles. The Labute approximate surface area is 102 Å². The molecule has 1 aromatic carbocycles. The minimum absolute atomic E-state index is 0.167. The highest BCUT2D eigenvalue weighted by Gasteiger charge is 2.12. The minimum atomic E-state index is -0.167. The van der Waals surface area contributed by atoms with E-state index in [1.807, 2.05) is 19.1 Å². The Bertz CT molecular complexity index is 470. The summed E-state index contributed by atoms with van der Waals surface area (Å²) in [4.78, 5) is 0. The van der Waals surface area contributed by atoms with Gasteiger partial charge in [-0.3, -0.25) is 0 Å². The Kier molecular flexibility index (Phi) is 3.64. The first kappa shape index (κ1) is 11.9. The third kappa shape index (κ3) is 2.77. The molecule has 2 N–H and O–H groups in total. The second kappa shape index (κ2) is 5.19. The average Bonchev–Trinajstić information content (AvgIpc) is 2.76. The van der Waals surface area contributed by atoms with Crippen molar-refractivity contribution in [2.75, 3.05) is 0 Å². The maximum absolute atomic E-state index is 6.16. The standard InChI is InChI=1S/C15H19NO/c1-3-4-12-6-8-13(9-7-12)15(16)14-10-5-11(2)17-14/h5-10,15H,3-4,16H2,1-2H3. The summed E-state index contributed by atoms with van der Waals surface area (Å²) in [6.45, 7) is 4.12. The van der Waals surface area contributed by atoms with Crippen LogP contribution in [0.3, 0.4) is 0 Å². The Morgan fingerprint density at radius 2 is 1.82 bits per heavy atom. The lowest BCUT2D eigenvalue weighted by molar-refractivity contribution is 0.466. The molecule has 0 aliphatic carbocycles. The SMILES string of the molecule is CCCc1ccc(C(N)c2ccc(C)o2)cc1. The topological polar surface area (TPSA) is 39.2 Å². The van der Waals surface area contributed by atoms with Crippen molar-refractivity contribution in [3.05, 3.63) is 59.0 Å². The fourth-order valence-corrected chi connectivity index (χ4v) is 1.97. The summed E-state index contributed by atoms with van der Waals surface area (Å²) >= 11 is 0. The van der Waals surface area contributed by atoms with Gasteiger partial charge in [-0.1, -0.05) is 37.6 Å². The van der Waals surface area contributed by atoms with E-state index in [2.05, 4.69) is 31.2 Å². The van der Waals surface area contributed by atoms with Crippen LogP contribution in [0.2, 0.25) is 0 Å². The molecule has 0 spiro atoms. The van der Waals surface area contributed by atoms with Gasteiger partial charge >= 0.3 is 0 Å². The van der Waals surface area contributed by atoms with Gasteiger partial charge in [0.2, 0.25) is 0 Å². The van der Waals surface area contributed by atoms with Gasteiger partial charge in [0.05, 0.1) is 6.04 Å². The van der Waals surface area contributed by atoms with Gasteiger partial charge < -0.3 is 10.2 Å². The molecule has 0 aliphatic rings. The van der Waals surface area contributed by atoms with Crippen molar-refractivity contribution in [1.82, 2.24) is 0 Å². The van der Waals surface area contributed by atoms with E-state index in [1.54, 1.807) is 0 Å². The summed E-state index contributed by atoms with van der Waals surface area (Å²) in [6, 6.07) is 12.2. The van der Waals surface area contributed by atoms with E-state index in [-0.39, 0.29) is 6.04 Å². The zero-order valence-electron chi connectivity index (χ0n) is 10.4. The predicted octanol–water partition coefficient (Wildman–Crippen LogP) is 3.59. The summed E-state index contributed by atoms with van der Waals surface area (Å²) in [6.07, 6.45) is 2.29. The van der Waals surface area contributed by atoms with Crippen molar-refractivity contribution in [2.24, 2.45) is 5.73 Å². The molecule has 1 unspecified atom stereocenters. The van der Waals surface area contributed by atoms with Gasteiger partial charge in [-0.15, -0.1) is 0 Å². The third-order valence-corrected chi connectivity index (χ3v) is 2.95. The summed E-state index contributed by atoms with van der Waals surface area (Å²) in [7, 11) is 0. The molecule has 2 nitrogen and oxygen atoms in total. The van der Waals surface area contributed by atoms with Crippen LogP contribution in [-0.4, -0.2) is 0 Å². The molecule has 1 heterocycles. The van der Waals surface area contributed by atoms with Crippen molar-refractivity contribution < 1.29 is 4.42 Å². The van der Waals surface area contributed by atoms with Crippen LogP contribution in [0.5, 0.6) is 0 Å². The average molecular weight is 229 g/mol. The number of benzene rings is 1. The highest BCUT2D eigenvalue weighted by atomic mass is 16.3. The maximum atomic E-state index is 6.16. The minimum Gasteiger partial charge on any atom is -0.464 e. The smallest absolute Gasteiger partial charge is 0.125 e. The monoisotopic (exact) mass is 229 g/mol. The zero-order valence-corrected chi connectivity index (χ0v) is 10.4. The van der Waals surface area contributed by atoms with Crippen LogP contribution < -0.4 is 5.73 Å². The Balaban J connectivity index is 2.16. The van der Waals surface area contributed by atoms with Crippen LogP contribution in [0.1, 0.15) is 42.0 Å². The summed E-state index contributed by atoms with van der Waals surface area (Å²) in [5.41, 5.74) is 8.62. The molecule has 0 amide bonds. The van der Waals surface area contributed by atoms with Crippen LogP contribution in [0.15, 0.2) is 40.8 Å². The Morgan fingerprint density at radius 3 is 2.35 bits per heavy atom. The fourth-order valence-electron chi connectivity index (χ4n) is 1.97. The second-order valence-electron chi connectivity index (χ2n) is 4.42. The van der Waals surface area contributed by atoms with E-state index in [1.165, 1.54) is 12.0 Å². The maximum Gasteiger partial charge on any atom is 0.125 e. The van der Waals surface area contributed by atoms with E-state index in [4.69, 9.17) is 10.2 Å². The zero-order chi connectivity index (χ0) is 12.3. The van der Waals surface area contributed by atoms with Gasteiger partial charge in [0, 0.05) is 0 Å². The van der Waals surface area contributed by atoms with Crippen molar-refractivity contribution in [2.45, 2.75) is 32.7 Å². The van der Waals surface area contributed by atoms with E-state index in [0.717, 1.165) is 23.5 Å². The molecule has 0 bridgehead atoms. The molecule has 0 saturated carbocycles. The molecule has 0 aliphatic heterocycles. The second-order valence-corrected chi connectivity index (χ2v) is 4.42. The van der Waals surface area contributed by atoms with Gasteiger partial charge in [0.25, 0.3) is 0 Å². The van der Waals surface area contributed by atoms with Crippen LogP contribution in [0, 0.1) is 6.92 Å². The van der Waals surface area contributed by atoms with E-state index < -0.39 is 0 Å². The van der Waals surface area contributed by atoms with Gasteiger partial charge in [0.15, 0.2) is 0 Å². The van der Waals surface area contributed by atoms with E-state index in [0.29, 0.717) is 0 Å². The highest BCUT2D eigenvalue weighted by molar-refractivity contribution is 5.29. The van der Waals surface area contributed by atoms with Crippen molar-refractivity contribution >= 4 is 0 Å². The lowest BCUT2D eigenvalue weighted by atomic mass is 10.0. The first-order valence-corrected chi connectivity index (χ1v) is 6.11. The van der Waals surface area contributed by atoms with Gasteiger partial charge in [-0.25, -0.2) is 0 Å². The molecule has 2 rings (SSSR count). The lowest BCUT2D eigenvalue weighted by Crippen LogP contribution is -2.10. The van der Waals surface area contributed by atoms with E-state index in [9.17, 15) is 0 Å². The number of aryl methyl sites for hydroxylation is 2. The molecular weight excluding hydrogens is 210 g/mol. The summed E-state index contributed by atoms with van der Waals surface area (Å²) in [5.74, 6) is 1.73. The first-order chi connectivity index (χ1) is 8.20. The largest absolute Gasteiger partial charge is 0.464 e. The van der Waals surface area contributed by atoms with Gasteiger partial charge in [-0.2, -0.15) is 0 Å². The molecule has 1 atom stereocenters. The molecule has 17 heavy (non-hydrogen) atoms. The number of hydrogen-bond acceptors (Lipinski definition) is 2. The first-order valence-electron chi connectivity index (χ1n) is 6.11. The van der Waals surface area contributed by atoms with Crippen molar-refractivity contribution in [1.29, 1.82) is 0 Å². The summed E-state index contributed by atoms with van der Waals surface area (Å²) < 4.78 is 5.55. The number of furan rings is 1. The molecule has 1 aromatic heterocycles. The van der Waals surface area contributed by atoms with Crippen LogP contribution in [-0.2, 0) is 6.42 Å². The molecule has 90 valence electrons. The highest BCUT2D eigenvalue weighted by Crippen LogP contribution is 2.22. The lowest BCUT2D eigenvalue weighted by Gasteiger charge is -2.10. The molecule has 0 radical (unpaired) electrons. The number of rotatable bonds is 4. The molecule has 2 aromatic rings. The Hall–Kier alpha value is -1.54. The Morgan fingerprint density at radius 1 is 1.12 bits per heavy atom. The molecule has 2 heteroatoms. The van der Waals surface area contributed by atoms with Crippen molar-refractivity contribution in [3.63, 3.8) is 0 Å². The number of nitrogens with two attached hydrogens (primary N) is 1. The van der Waals surface area contributed by atoms with Gasteiger partial charge in [-0.05, 0) is 36.6 Å². The fraction of sp³-hybridized carbons (Fsp3) is 0.333. The van der Waals surface area contributed by atoms with Crippen LogP contribution in [0.25, 0.3) is 0 Å². The van der Waals surface area contributed by atoms with Crippen molar-refractivity contribution in [3.8, 4) is 0 Å². The van der Waals surface area contributed by atoms with Gasteiger partial charge in [0.1, 0.15) is 11.5 Å². The third-order valence-electron chi connectivity index (χ3n) is 2.95. The van der Waals surface area contributed by atoms with Crippen LogP contribution >= 0.6 is 0 Å². The summed E-state index contributed by atoms with van der Waals surface area (Å²) in [5, 5.41) is 0. The normalized spacial score (nSPS) is 12.6. The molecule has 0 fully saturated rings. The van der Waals surface area contributed by atoms with Crippen LogP contribution in [0.4, 0.5) is 0 Å². The predicted molar refractivity (Wildman–Crippen MR) is 69.9 cm³/mol. The number of hydrogen-bond donors (Lipinski definition) is 1. The van der Waals surface area contributed by atoms with E-state index >= 15 is 0 Å². The quantitative estimate of drug-likeness (QED) is 0.870. The molecular formula is C15H19NO.